The monoisotopic (exact) mass is 482 g/mol. The molecule has 1 amide bonds. The molecule has 3 aromatic rings. The summed E-state index contributed by atoms with van der Waals surface area (Å²) in [6.07, 6.45) is 5.16. The fourth-order valence-corrected chi connectivity index (χ4v) is 7.53. The topological polar surface area (TPSA) is 54.1 Å². The fourth-order valence-electron chi connectivity index (χ4n) is 4.70. The number of H-pyrrole nitrogens is 1. The van der Waals surface area contributed by atoms with Gasteiger partial charge in [0.05, 0.1) is 5.56 Å². The van der Waals surface area contributed by atoms with Crippen LogP contribution in [0, 0.1) is 5.82 Å². The molecule has 1 aliphatic heterocycles. The van der Waals surface area contributed by atoms with Crippen LogP contribution in [0.2, 0.25) is 18.1 Å². The maximum atomic E-state index is 15.2. The number of carbonyl (C=O) groups is 1. The van der Waals surface area contributed by atoms with Crippen molar-refractivity contribution >= 4 is 42.4 Å². The van der Waals surface area contributed by atoms with Crippen molar-refractivity contribution < 1.29 is 13.6 Å². The molecule has 1 aliphatic carbocycles. The minimum Gasteiger partial charge on any atom is -0.414 e. The second kappa shape index (κ2) is 8.00. The highest BCUT2D eigenvalue weighted by Crippen LogP contribution is 2.48. The summed E-state index contributed by atoms with van der Waals surface area (Å²) < 4.78 is 21.8. The van der Waals surface area contributed by atoms with E-state index in [0.717, 1.165) is 35.4 Å². The van der Waals surface area contributed by atoms with Gasteiger partial charge in [-0.05, 0) is 67.7 Å². The molecule has 2 aliphatic rings. The summed E-state index contributed by atoms with van der Waals surface area (Å²) in [4.78, 5) is 16.9. The number of rotatable bonds is 5. The van der Waals surface area contributed by atoms with E-state index >= 15 is 4.39 Å². The Labute approximate surface area is 199 Å². The second-order valence-electron chi connectivity index (χ2n) is 10.7. The van der Waals surface area contributed by atoms with E-state index in [0.29, 0.717) is 27.3 Å². The molecule has 4 nitrogen and oxygen atoms in total. The Morgan fingerprint density at radius 3 is 2.64 bits per heavy atom. The lowest BCUT2D eigenvalue weighted by Gasteiger charge is -2.38. The average molecular weight is 483 g/mol. The number of benzene rings is 2. The summed E-state index contributed by atoms with van der Waals surface area (Å²) >= 11 is 1.73. The van der Waals surface area contributed by atoms with E-state index in [1.54, 1.807) is 17.8 Å². The minimum absolute atomic E-state index is 0.176. The van der Waals surface area contributed by atoms with E-state index in [4.69, 9.17) is 4.43 Å². The van der Waals surface area contributed by atoms with Crippen molar-refractivity contribution in [3.63, 3.8) is 0 Å². The molecule has 2 aromatic carbocycles. The van der Waals surface area contributed by atoms with E-state index in [-0.39, 0.29) is 22.9 Å². The second-order valence-corrected chi connectivity index (χ2v) is 16.8. The van der Waals surface area contributed by atoms with E-state index in [1.165, 1.54) is 6.07 Å². The molecule has 0 radical (unpaired) electrons. The van der Waals surface area contributed by atoms with Crippen molar-refractivity contribution in [3.05, 3.63) is 47.9 Å². The smallest absolute Gasteiger partial charge is 0.257 e. The number of anilines is 1. The summed E-state index contributed by atoms with van der Waals surface area (Å²) in [6, 6.07) is 8.99. The molecule has 0 spiro atoms. The number of thioether (sulfide) groups is 1. The number of aromatic amines is 1. The number of amides is 1. The largest absolute Gasteiger partial charge is 0.414 e. The Hall–Kier alpha value is -2.09. The first-order chi connectivity index (χ1) is 15.5. The quantitative estimate of drug-likeness (QED) is 0.369. The molecule has 174 valence electrons. The lowest BCUT2D eigenvalue weighted by Crippen LogP contribution is -2.43. The zero-order valence-electron chi connectivity index (χ0n) is 19.8. The number of hydrogen-bond acceptors (Lipinski definition) is 3. The van der Waals surface area contributed by atoms with Crippen LogP contribution in [0.4, 0.5) is 10.1 Å². The Balaban J connectivity index is 1.50. The molecular weight excluding hydrogens is 451 g/mol. The maximum Gasteiger partial charge on any atom is 0.257 e. The summed E-state index contributed by atoms with van der Waals surface area (Å²) in [6.45, 7) is 11.4. The van der Waals surface area contributed by atoms with Crippen LogP contribution in [0.3, 0.4) is 0 Å². The van der Waals surface area contributed by atoms with Crippen molar-refractivity contribution in [3.8, 4) is 11.3 Å². The standard InChI is InChI=1S/C26H31FN2O2SSi/c1-26(2,3)33(4,5)31-15-8-9-16(13-15)32-21-14-17(19-7-6-12-28-19)22-24-20(29-25(22)30)11-10-18(27)23(21)24/h6-7,10-12,14-16,28H,8-9,13H2,1-5H3,(H,29,30)/t15-,16-/m1/s1. The van der Waals surface area contributed by atoms with Gasteiger partial charge in [-0.15, -0.1) is 11.8 Å². The Bertz CT molecular complexity index is 1230. The fraction of sp³-hybridized carbons (Fsp3) is 0.423. The van der Waals surface area contributed by atoms with Crippen molar-refractivity contribution in [2.24, 2.45) is 0 Å². The van der Waals surface area contributed by atoms with Crippen LogP contribution in [0.1, 0.15) is 50.4 Å². The Morgan fingerprint density at radius 1 is 1.15 bits per heavy atom. The molecule has 1 aromatic heterocycles. The van der Waals surface area contributed by atoms with Gasteiger partial charge in [-0.1, -0.05) is 20.8 Å². The van der Waals surface area contributed by atoms with E-state index in [1.807, 2.05) is 24.4 Å². The van der Waals surface area contributed by atoms with Gasteiger partial charge in [-0.2, -0.15) is 0 Å². The number of nitrogens with one attached hydrogen (secondary N) is 2. The van der Waals surface area contributed by atoms with Gasteiger partial charge in [0.2, 0.25) is 0 Å². The molecule has 33 heavy (non-hydrogen) atoms. The first kappa shape index (κ1) is 22.7. The Morgan fingerprint density at radius 2 is 1.94 bits per heavy atom. The molecule has 0 unspecified atom stereocenters. The van der Waals surface area contributed by atoms with Crippen LogP contribution < -0.4 is 5.32 Å². The van der Waals surface area contributed by atoms with E-state index < -0.39 is 8.32 Å². The van der Waals surface area contributed by atoms with Crippen molar-refractivity contribution in [1.29, 1.82) is 0 Å². The van der Waals surface area contributed by atoms with E-state index in [9.17, 15) is 4.79 Å². The molecule has 1 fully saturated rings. The zero-order valence-corrected chi connectivity index (χ0v) is 21.7. The van der Waals surface area contributed by atoms with Crippen LogP contribution in [-0.2, 0) is 4.43 Å². The van der Waals surface area contributed by atoms with Gasteiger partial charge in [-0.3, -0.25) is 4.79 Å². The highest BCUT2D eigenvalue weighted by atomic mass is 32.2. The third-order valence-electron chi connectivity index (χ3n) is 7.46. The molecule has 2 N–H and O–H groups in total. The van der Waals surface area contributed by atoms with Gasteiger partial charge >= 0.3 is 0 Å². The average Bonchev–Trinajstić information content (AvgIpc) is 3.46. The van der Waals surface area contributed by atoms with Crippen LogP contribution in [0.5, 0.6) is 0 Å². The maximum absolute atomic E-state index is 15.2. The number of halogens is 1. The molecule has 0 saturated heterocycles. The van der Waals surface area contributed by atoms with Crippen LogP contribution >= 0.6 is 11.8 Å². The molecule has 2 heterocycles. The molecule has 7 heteroatoms. The highest BCUT2D eigenvalue weighted by molar-refractivity contribution is 8.00. The first-order valence-electron chi connectivity index (χ1n) is 11.6. The number of hydrogen-bond donors (Lipinski definition) is 2. The third kappa shape index (κ3) is 3.94. The predicted molar refractivity (Wildman–Crippen MR) is 137 cm³/mol. The van der Waals surface area contributed by atoms with Gasteiger partial charge in [-0.25, -0.2) is 4.39 Å². The third-order valence-corrected chi connectivity index (χ3v) is 13.3. The normalized spacial score (nSPS) is 20.6. The first-order valence-corrected chi connectivity index (χ1v) is 15.4. The van der Waals surface area contributed by atoms with Gasteiger partial charge in [0, 0.05) is 50.2 Å². The Kier molecular flexibility index (Phi) is 5.50. The van der Waals surface area contributed by atoms with Crippen molar-refractivity contribution in [2.45, 2.75) is 74.4 Å². The molecule has 2 atom stereocenters. The zero-order chi connectivity index (χ0) is 23.5. The summed E-state index contributed by atoms with van der Waals surface area (Å²) in [5.41, 5.74) is 2.93. The van der Waals surface area contributed by atoms with Crippen LogP contribution in [0.25, 0.3) is 22.0 Å². The number of aromatic nitrogens is 1. The minimum atomic E-state index is -1.82. The summed E-state index contributed by atoms with van der Waals surface area (Å²) in [5, 5.41) is 4.71. The van der Waals surface area contributed by atoms with Gasteiger partial charge in [0.15, 0.2) is 8.32 Å². The van der Waals surface area contributed by atoms with Crippen LogP contribution in [0.15, 0.2) is 41.4 Å². The molecular formula is C26H31FN2O2SSi. The van der Waals surface area contributed by atoms with Crippen molar-refractivity contribution in [1.82, 2.24) is 4.98 Å². The van der Waals surface area contributed by atoms with Crippen LogP contribution in [-0.4, -0.2) is 30.6 Å². The molecule has 1 saturated carbocycles. The lowest BCUT2D eigenvalue weighted by atomic mass is 9.97. The summed E-state index contributed by atoms with van der Waals surface area (Å²) in [7, 11) is -1.82. The summed E-state index contributed by atoms with van der Waals surface area (Å²) in [5.74, 6) is -0.454. The lowest BCUT2D eigenvalue weighted by molar-refractivity contribution is 0.103. The van der Waals surface area contributed by atoms with Gasteiger partial charge in [0.1, 0.15) is 5.82 Å². The van der Waals surface area contributed by atoms with E-state index in [2.05, 4.69) is 44.2 Å². The van der Waals surface area contributed by atoms with Gasteiger partial charge < -0.3 is 14.7 Å². The molecule has 5 rings (SSSR count). The molecule has 0 bridgehead atoms. The predicted octanol–water partition coefficient (Wildman–Crippen LogP) is 7.57. The highest BCUT2D eigenvalue weighted by Gasteiger charge is 2.41. The number of carbonyl (C=O) groups excluding carboxylic acids is 1. The SMILES string of the molecule is CC(C)(C)[Si](C)(C)O[C@@H]1CC[C@@H](Sc2cc(-c3ccc[nH]3)c3c4c(ccc(F)c24)NC3=O)C1. The van der Waals surface area contributed by atoms with Gasteiger partial charge in [0.25, 0.3) is 5.91 Å². The van der Waals surface area contributed by atoms with Crippen molar-refractivity contribution in [2.75, 3.05) is 5.32 Å².